The van der Waals surface area contributed by atoms with E-state index >= 15 is 0 Å². The number of amides is 1. The summed E-state index contributed by atoms with van der Waals surface area (Å²) in [6.45, 7) is 0. The van der Waals surface area contributed by atoms with E-state index in [2.05, 4.69) is 30.2 Å². The molecule has 11 heteroatoms. The van der Waals surface area contributed by atoms with Crippen molar-refractivity contribution in [3.05, 3.63) is 60.1 Å². The van der Waals surface area contributed by atoms with E-state index in [0.717, 1.165) is 0 Å². The number of alkyl halides is 3. The van der Waals surface area contributed by atoms with E-state index < -0.39 is 18.0 Å². The van der Waals surface area contributed by atoms with Gasteiger partial charge in [-0.25, -0.2) is 0 Å². The zero-order chi connectivity index (χ0) is 19.0. The van der Waals surface area contributed by atoms with E-state index in [1.54, 1.807) is 28.8 Å². The fourth-order valence-corrected chi connectivity index (χ4v) is 2.33. The quantitative estimate of drug-likeness (QED) is 0.592. The first-order valence-corrected chi connectivity index (χ1v) is 7.54. The highest BCUT2D eigenvalue weighted by atomic mass is 19.4. The number of rotatable bonds is 3. The van der Waals surface area contributed by atoms with Crippen molar-refractivity contribution >= 4 is 17.5 Å². The Balaban J connectivity index is 1.53. The summed E-state index contributed by atoms with van der Waals surface area (Å²) in [6, 6.07) is 11.0. The highest BCUT2D eigenvalue weighted by molar-refractivity contribution is 6.03. The van der Waals surface area contributed by atoms with E-state index in [-0.39, 0.29) is 22.9 Å². The van der Waals surface area contributed by atoms with Gasteiger partial charge in [-0.2, -0.15) is 18.2 Å². The third-order valence-electron chi connectivity index (χ3n) is 3.61. The zero-order valence-corrected chi connectivity index (χ0v) is 13.3. The van der Waals surface area contributed by atoms with Crippen LogP contribution < -0.4 is 5.32 Å². The normalized spacial score (nSPS) is 11.7. The second kappa shape index (κ2) is 6.20. The van der Waals surface area contributed by atoms with Gasteiger partial charge in [-0.15, -0.1) is 10.2 Å². The lowest BCUT2D eigenvalue weighted by Crippen LogP contribution is -2.14. The average molecular weight is 374 g/mol. The van der Waals surface area contributed by atoms with Crippen molar-refractivity contribution in [3.63, 3.8) is 0 Å². The maximum absolute atomic E-state index is 12.5. The first-order chi connectivity index (χ1) is 12.9. The van der Waals surface area contributed by atoms with E-state index in [1.165, 1.54) is 24.3 Å². The van der Waals surface area contributed by atoms with Crippen LogP contribution in [0.5, 0.6) is 0 Å². The summed E-state index contributed by atoms with van der Waals surface area (Å²) >= 11 is 0. The Morgan fingerprint density at radius 1 is 1.07 bits per heavy atom. The molecule has 0 fully saturated rings. The number of hydrogen-bond donors (Lipinski definition) is 1. The van der Waals surface area contributed by atoms with Gasteiger partial charge in [-0.05, 0) is 24.3 Å². The SMILES string of the molecule is O=C(Nc1nnc2ccccn12)c1ccc(-c2noc(C(F)(F)F)n2)cc1. The number of pyridine rings is 1. The van der Waals surface area contributed by atoms with Gasteiger partial charge < -0.3 is 4.52 Å². The molecule has 0 aliphatic carbocycles. The summed E-state index contributed by atoms with van der Waals surface area (Å²) in [5, 5.41) is 13.7. The first-order valence-electron chi connectivity index (χ1n) is 7.54. The van der Waals surface area contributed by atoms with Gasteiger partial charge in [-0.1, -0.05) is 23.4 Å². The van der Waals surface area contributed by atoms with Crippen LogP contribution in [0.3, 0.4) is 0 Å². The Bertz CT molecular complexity index is 1120. The van der Waals surface area contributed by atoms with Crippen molar-refractivity contribution in [1.82, 2.24) is 24.7 Å². The van der Waals surface area contributed by atoms with Gasteiger partial charge in [0, 0.05) is 17.3 Å². The maximum atomic E-state index is 12.5. The van der Waals surface area contributed by atoms with Gasteiger partial charge in [0.15, 0.2) is 5.65 Å². The third kappa shape index (κ3) is 3.21. The molecule has 1 amide bonds. The topological polar surface area (TPSA) is 98.2 Å². The van der Waals surface area contributed by atoms with E-state index in [0.29, 0.717) is 5.65 Å². The second-order valence-electron chi connectivity index (χ2n) is 5.40. The number of carbonyl (C=O) groups is 1. The molecule has 8 nitrogen and oxygen atoms in total. The fourth-order valence-electron chi connectivity index (χ4n) is 2.33. The molecule has 1 N–H and O–H groups in total. The third-order valence-corrected chi connectivity index (χ3v) is 3.61. The van der Waals surface area contributed by atoms with Crippen LogP contribution in [0.15, 0.2) is 53.2 Å². The summed E-state index contributed by atoms with van der Waals surface area (Å²) in [7, 11) is 0. The van der Waals surface area contributed by atoms with Crippen LogP contribution in [-0.2, 0) is 6.18 Å². The van der Waals surface area contributed by atoms with Crippen molar-refractivity contribution in [2.24, 2.45) is 0 Å². The van der Waals surface area contributed by atoms with Crippen molar-refractivity contribution in [1.29, 1.82) is 0 Å². The van der Waals surface area contributed by atoms with Crippen LogP contribution in [0, 0.1) is 0 Å². The number of benzene rings is 1. The Morgan fingerprint density at radius 3 is 2.56 bits per heavy atom. The summed E-state index contributed by atoms with van der Waals surface area (Å²) in [4.78, 5) is 15.6. The lowest BCUT2D eigenvalue weighted by atomic mass is 10.1. The number of hydrogen-bond acceptors (Lipinski definition) is 6. The van der Waals surface area contributed by atoms with Crippen LogP contribution in [0.1, 0.15) is 16.2 Å². The minimum Gasteiger partial charge on any atom is -0.329 e. The highest BCUT2D eigenvalue weighted by Crippen LogP contribution is 2.29. The van der Waals surface area contributed by atoms with Crippen molar-refractivity contribution in [2.45, 2.75) is 6.18 Å². The first kappa shape index (κ1) is 16.7. The van der Waals surface area contributed by atoms with Crippen molar-refractivity contribution in [2.75, 3.05) is 5.32 Å². The number of halogens is 3. The Labute approximate surface area is 148 Å². The number of aromatic nitrogens is 5. The maximum Gasteiger partial charge on any atom is 0.471 e. The lowest BCUT2D eigenvalue weighted by molar-refractivity contribution is -0.159. The predicted octanol–water partition coefficient (Wildman–Crippen LogP) is 3.05. The molecular weight excluding hydrogens is 365 g/mol. The summed E-state index contributed by atoms with van der Waals surface area (Å²) < 4.78 is 43.3. The minimum absolute atomic E-state index is 0.224. The largest absolute Gasteiger partial charge is 0.471 e. The summed E-state index contributed by atoms with van der Waals surface area (Å²) in [6.07, 6.45) is -3.02. The number of fused-ring (bicyclic) bond motifs is 1. The van der Waals surface area contributed by atoms with Crippen LogP contribution in [0.25, 0.3) is 17.0 Å². The van der Waals surface area contributed by atoms with Crippen LogP contribution >= 0.6 is 0 Å². The number of anilines is 1. The molecule has 0 radical (unpaired) electrons. The number of carbonyl (C=O) groups excluding carboxylic acids is 1. The molecule has 4 rings (SSSR count). The molecular formula is C16H9F3N6O2. The molecule has 136 valence electrons. The fraction of sp³-hybridized carbons (Fsp3) is 0.0625. The van der Waals surface area contributed by atoms with Crippen molar-refractivity contribution < 1.29 is 22.5 Å². The second-order valence-corrected chi connectivity index (χ2v) is 5.40. The minimum atomic E-state index is -4.72. The number of nitrogens with one attached hydrogen (secondary N) is 1. The predicted molar refractivity (Wildman–Crippen MR) is 85.7 cm³/mol. The molecule has 0 saturated carbocycles. The Hall–Kier alpha value is -3.76. The monoisotopic (exact) mass is 374 g/mol. The van der Waals surface area contributed by atoms with Crippen LogP contribution in [0.4, 0.5) is 19.1 Å². The van der Waals surface area contributed by atoms with Crippen LogP contribution in [-0.4, -0.2) is 30.6 Å². The van der Waals surface area contributed by atoms with E-state index in [1.807, 2.05) is 0 Å². The highest BCUT2D eigenvalue weighted by Gasteiger charge is 2.38. The molecule has 27 heavy (non-hydrogen) atoms. The Kier molecular flexibility index (Phi) is 3.83. The van der Waals surface area contributed by atoms with E-state index in [4.69, 9.17) is 0 Å². The van der Waals surface area contributed by atoms with Gasteiger partial charge in [-0.3, -0.25) is 14.5 Å². The molecule has 0 aliphatic heterocycles. The molecule has 0 spiro atoms. The molecule has 0 atom stereocenters. The molecule has 0 unspecified atom stereocenters. The molecule has 0 aliphatic rings. The summed E-state index contributed by atoms with van der Waals surface area (Å²) in [5.74, 6) is -1.87. The van der Waals surface area contributed by atoms with Gasteiger partial charge in [0.25, 0.3) is 5.91 Å². The molecule has 4 aromatic rings. The lowest BCUT2D eigenvalue weighted by Gasteiger charge is -2.04. The molecule has 3 heterocycles. The molecule has 1 aromatic carbocycles. The standard InChI is InChI=1S/C16H9F3N6O2/c17-16(18,19)14-20-12(24-27-14)9-4-6-10(7-5-9)13(26)21-15-23-22-11-3-1-2-8-25(11)15/h1-8H,(H,21,23,26). The molecule has 0 bridgehead atoms. The number of nitrogens with zero attached hydrogens (tertiary/aromatic N) is 5. The molecule has 3 aromatic heterocycles. The van der Waals surface area contributed by atoms with Gasteiger partial charge >= 0.3 is 12.1 Å². The van der Waals surface area contributed by atoms with Crippen LogP contribution in [0.2, 0.25) is 0 Å². The van der Waals surface area contributed by atoms with Crippen molar-refractivity contribution in [3.8, 4) is 11.4 Å². The molecule has 0 saturated heterocycles. The zero-order valence-electron chi connectivity index (χ0n) is 13.3. The van der Waals surface area contributed by atoms with E-state index in [9.17, 15) is 18.0 Å². The van der Waals surface area contributed by atoms with Gasteiger partial charge in [0.1, 0.15) is 0 Å². The Morgan fingerprint density at radius 2 is 1.85 bits per heavy atom. The average Bonchev–Trinajstić information content (AvgIpc) is 3.30. The summed E-state index contributed by atoms with van der Waals surface area (Å²) in [5.41, 5.74) is 1.12. The smallest absolute Gasteiger partial charge is 0.329 e. The van der Waals surface area contributed by atoms with Gasteiger partial charge in [0.05, 0.1) is 0 Å². The van der Waals surface area contributed by atoms with Gasteiger partial charge in [0.2, 0.25) is 11.8 Å².